The second-order valence-corrected chi connectivity index (χ2v) is 3.88. The highest BCUT2D eigenvalue weighted by Crippen LogP contribution is 2.63. The third-order valence-corrected chi connectivity index (χ3v) is 2.84. The SMILES string of the molecule is O=C(O)C1(c2cc(F)cc(F)c2O)CC1(F)F. The maximum absolute atomic E-state index is 13.1. The van der Waals surface area contributed by atoms with Crippen LogP contribution in [0.2, 0.25) is 0 Å². The summed E-state index contributed by atoms with van der Waals surface area (Å²) in [5.41, 5.74) is -3.67. The minimum absolute atomic E-state index is 0.287. The van der Waals surface area contributed by atoms with E-state index >= 15 is 0 Å². The molecule has 92 valence electrons. The Labute approximate surface area is 92.3 Å². The molecule has 3 nitrogen and oxygen atoms in total. The van der Waals surface area contributed by atoms with Gasteiger partial charge in [0, 0.05) is 18.1 Å². The second-order valence-electron chi connectivity index (χ2n) is 3.88. The van der Waals surface area contributed by atoms with Gasteiger partial charge in [0.25, 0.3) is 5.92 Å². The Morgan fingerprint density at radius 3 is 2.24 bits per heavy atom. The molecule has 0 aromatic heterocycles. The zero-order valence-corrected chi connectivity index (χ0v) is 8.18. The van der Waals surface area contributed by atoms with Crippen molar-refractivity contribution in [1.29, 1.82) is 0 Å². The van der Waals surface area contributed by atoms with E-state index in [1.807, 2.05) is 0 Å². The van der Waals surface area contributed by atoms with Crippen LogP contribution in [0.15, 0.2) is 12.1 Å². The van der Waals surface area contributed by atoms with Gasteiger partial charge in [-0.05, 0) is 6.07 Å². The van der Waals surface area contributed by atoms with Gasteiger partial charge in [0.2, 0.25) is 0 Å². The molecule has 0 spiro atoms. The van der Waals surface area contributed by atoms with Crippen molar-refractivity contribution in [3.05, 3.63) is 29.3 Å². The number of rotatable bonds is 2. The topological polar surface area (TPSA) is 57.5 Å². The molecule has 1 fully saturated rings. The second kappa shape index (κ2) is 3.12. The Bertz CT molecular complexity index is 515. The van der Waals surface area contributed by atoms with Crippen molar-refractivity contribution in [2.24, 2.45) is 0 Å². The van der Waals surface area contributed by atoms with Crippen molar-refractivity contribution in [2.75, 3.05) is 0 Å². The van der Waals surface area contributed by atoms with Gasteiger partial charge in [0.1, 0.15) is 5.82 Å². The fraction of sp³-hybridized carbons (Fsp3) is 0.300. The first-order valence-corrected chi connectivity index (χ1v) is 4.52. The molecule has 0 heterocycles. The minimum Gasteiger partial charge on any atom is -0.505 e. The predicted molar refractivity (Wildman–Crippen MR) is 46.9 cm³/mol. The fourth-order valence-corrected chi connectivity index (χ4v) is 1.82. The fourth-order valence-electron chi connectivity index (χ4n) is 1.82. The molecule has 1 aliphatic carbocycles. The first kappa shape index (κ1) is 11.7. The molecule has 0 bridgehead atoms. The number of hydrogen-bond acceptors (Lipinski definition) is 2. The van der Waals surface area contributed by atoms with Crippen LogP contribution >= 0.6 is 0 Å². The Morgan fingerprint density at radius 2 is 1.82 bits per heavy atom. The Hall–Kier alpha value is -1.79. The van der Waals surface area contributed by atoms with Gasteiger partial charge < -0.3 is 10.2 Å². The van der Waals surface area contributed by atoms with E-state index in [1.165, 1.54) is 0 Å². The number of aromatic hydroxyl groups is 1. The summed E-state index contributed by atoms with van der Waals surface area (Å²) in [6.45, 7) is 0. The summed E-state index contributed by atoms with van der Waals surface area (Å²) in [5.74, 6) is -9.51. The zero-order valence-electron chi connectivity index (χ0n) is 8.18. The maximum atomic E-state index is 13.1. The molecular formula is C10H6F4O3. The lowest BCUT2D eigenvalue weighted by Gasteiger charge is -2.13. The quantitative estimate of drug-likeness (QED) is 0.789. The molecule has 0 radical (unpaired) electrons. The van der Waals surface area contributed by atoms with E-state index in [9.17, 15) is 27.5 Å². The first-order chi connectivity index (χ1) is 7.72. The van der Waals surface area contributed by atoms with Gasteiger partial charge in [-0.25, -0.2) is 17.6 Å². The largest absolute Gasteiger partial charge is 0.505 e. The molecule has 0 saturated heterocycles. The third kappa shape index (κ3) is 1.38. The summed E-state index contributed by atoms with van der Waals surface area (Å²) in [6, 6.07) is 0.697. The number of phenolic OH excluding ortho intramolecular Hbond substituents is 1. The number of carboxylic acid groups (broad SMARTS) is 1. The summed E-state index contributed by atoms with van der Waals surface area (Å²) < 4.78 is 52.1. The van der Waals surface area contributed by atoms with Crippen LogP contribution in [0.1, 0.15) is 12.0 Å². The molecule has 1 aromatic carbocycles. The van der Waals surface area contributed by atoms with E-state index in [4.69, 9.17) is 5.11 Å². The summed E-state index contributed by atoms with van der Waals surface area (Å²) in [6.07, 6.45) is -1.09. The molecule has 1 atom stereocenters. The first-order valence-electron chi connectivity index (χ1n) is 4.52. The normalized spacial score (nSPS) is 25.6. The number of phenols is 1. The summed E-state index contributed by atoms with van der Waals surface area (Å²) in [4.78, 5) is 10.8. The molecule has 17 heavy (non-hydrogen) atoms. The summed E-state index contributed by atoms with van der Waals surface area (Å²) >= 11 is 0. The highest BCUT2D eigenvalue weighted by Gasteiger charge is 2.78. The maximum Gasteiger partial charge on any atom is 0.320 e. The highest BCUT2D eigenvalue weighted by atomic mass is 19.3. The van der Waals surface area contributed by atoms with Crippen molar-refractivity contribution in [3.8, 4) is 5.75 Å². The number of hydrogen-bond donors (Lipinski definition) is 2. The van der Waals surface area contributed by atoms with Gasteiger partial charge in [0.05, 0.1) is 0 Å². The molecule has 1 saturated carbocycles. The lowest BCUT2D eigenvalue weighted by Crippen LogP contribution is -2.27. The molecule has 0 amide bonds. The molecular weight excluding hydrogens is 244 g/mol. The van der Waals surface area contributed by atoms with Crippen molar-refractivity contribution < 1.29 is 32.6 Å². The Kier molecular flexibility index (Phi) is 2.14. The van der Waals surface area contributed by atoms with Crippen molar-refractivity contribution in [3.63, 3.8) is 0 Å². The lowest BCUT2D eigenvalue weighted by molar-refractivity contribution is -0.143. The highest BCUT2D eigenvalue weighted by molar-refractivity contribution is 5.88. The van der Waals surface area contributed by atoms with Crippen LogP contribution < -0.4 is 0 Å². The monoisotopic (exact) mass is 250 g/mol. The van der Waals surface area contributed by atoms with E-state index in [0.29, 0.717) is 6.07 Å². The van der Waals surface area contributed by atoms with Crippen LogP contribution in [0, 0.1) is 11.6 Å². The van der Waals surface area contributed by atoms with E-state index < -0.39 is 46.7 Å². The van der Waals surface area contributed by atoms with Crippen LogP contribution in [-0.2, 0) is 10.2 Å². The van der Waals surface area contributed by atoms with Crippen LogP contribution in [-0.4, -0.2) is 22.1 Å². The van der Waals surface area contributed by atoms with E-state index in [-0.39, 0.29) is 6.07 Å². The minimum atomic E-state index is -3.63. The third-order valence-electron chi connectivity index (χ3n) is 2.84. The Morgan fingerprint density at radius 1 is 1.29 bits per heavy atom. The summed E-state index contributed by atoms with van der Waals surface area (Å²) in [5, 5.41) is 18.0. The van der Waals surface area contributed by atoms with E-state index in [1.54, 1.807) is 0 Å². The molecule has 7 heteroatoms. The molecule has 1 aromatic rings. The molecule has 2 rings (SSSR count). The van der Waals surface area contributed by atoms with Gasteiger partial charge in [-0.2, -0.15) is 0 Å². The number of alkyl halides is 2. The van der Waals surface area contributed by atoms with Gasteiger partial charge in [0.15, 0.2) is 17.0 Å². The van der Waals surface area contributed by atoms with Gasteiger partial charge in [-0.3, -0.25) is 4.79 Å². The number of carboxylic acids is 1. The van der Waals surface area contributed by atoms with Crippen molar-refractivity contribution >= 4 is 5.97 Å². The van der Waals surface area contributed by atoms with Crippen LogP contribution in [0.25, 0.3) is 0 Å². The Balaban J connectivity index is 2.66. The molecule has 0 aliphatic heterocycles. The smallest absolute Gasteiger partial charge is 0.320 e. The van der Waals surface area contributed by atoms with Crippen LogP contribution in [0.5, 0.6) is 5.75 Å². The van der Waals surface area contributed by atoms with Crippen LogP contribution in [0.3, 0.4) is 0 Å². The molecule has 1 unspecified atom stereocenters. The van der Waals surface area contributed by atoms with E-state index in [2.05, 4.69) is 0 Å². The number of carbonyl (C=O) groups is 1. The number of halogens is 4. The van der Waals surface area contributed by atoms with E-state index in [0.717, 1.165) is 0 Å². The van der Waals surface area contributed by atoms with Crippen LogP contribution in [0.4, 0.5) is 17.6 Å². The van der Waals surface area contributed by atoms with Gasteiger partial charge in [-0.15, -0.1) is 0 Å². The van der Waals surface area contributed by atoms with Crippen molar-refractivity contribution in [2.45, 2.75) is 17.8 Å². The molecule has 2 N–H and O–H groups in total. The average Bonchev–Trinajstić information content (AvgIpc) is 2.77. The van der Waals surface area contributed by atoms with Crippen molar-refractivity contribution in [1.82, 2.24) is 0 Å². The van der Waals surface area contributed by atoms with Gasteiger partial charge >= 0.3 is 5.97 Å². The average molecular weight is 250 g/mol. The zero-order chi connectivity index (χ0) is 13.0. The molecule has 1 aliphatic rings. The predicted octanol–water partition coefficient (Wildman–Crippen LogP) is 2.03. The lowest BCUT2D eigenvalue weighted by atomic mass is 9.94. The number of benzene rings is 1. The summed E-state index contributed by atoms with van der Waals surface area (Å²) in [7, 11) is 0. The van der Waals surface area contributed by atoms with Gasteiger partial charge in [-0.1, -0.05) is 0 Å². The number of aliphatic carboxylic acids is 1. The standard InChI is InChI=1S/C10H6F4O3/c11-4-1-5(7(15)6(12)2-4)9(8(16)17)3-10(9,13)14/h1-2,15H,3H2,(H,16,17).